The fourth-order valence-electron chi connectivity index (χ4n) is 2.34. The van der Waals surface area contributed by atoms with Gasteiger partial charge in [-0.1, -0.05) is 24.3 Å². The molecule has 23 heavy (non-hydrogen) atoms. The first-order valence-corrected chi connectivity index (χ1v) is 8.02. The number of rotatable bonds is 8. The Morgan fingerprint density at radius 2 is 1.83 bits per heavy atom. The Labute approximate surface area is 138 Å². The molecule has 0 fully saturated rings. The first kappa shape index (κ1) is 17.1. The molecular weight excluding hydrogens is 288 g/mol. The highest BCUT2D eigenvalue weighted by atomic mass is 16.5. The lowest BCUT2D eigenvalue weighted by Gasteiger charge is -2.12. The molecule has 0 aliphatic rings. The van der Waals surface area contributed by atoms with E-state index in [1.54, 1.807) is 7.11 Å². The molecule has 0 atom stereocenters. The summed E-state index contributed by atoms with van der Waals surface area (Å²) in [5.41, 5.74) is 2.37. The highest BCUT2D eigenvalue weighted by Crippen LogP contribution is 2.11. The molecule has 0 aliphatic heterocycles. The second kappa shape index (κ2) is 9.69. The molecule has 124 valence electrons. The van der Waals surface area contributed by atoms with E-state index in [0.717, 1.165) is 25.6 Å². The third kappa shape index (κ3) is 5.79. The van der Waals surface area contributed by atoms with Crippen LogP contribution in [-0.2, 0) is 24.4 Å². The minimum Gasteiger partial charge on any atom is -0.380 e. The van der Waals surface area contributed by atoms with Crippen LogP contribution in [0, 0.1) is 0 Å². The molecular formula is C18H26N4O. The number of aromatic nitrogens is 1. The zero-order chi connectivity index (χ0) is 16.3. The zero-order valence-electron chi connectivity index (χ0n) is 14.0. The molecule has 0 spiro atoms. The summed E-state index contributed by atoms with van der Waals surface area (Å²) < 4.78 is 7.39. The molecule has 0 saturated heterocycles. The molecule has 2 rings (SSSR count). The Morgan fingerprint density at radius 1 is 1.09 bits per heavy atom. The largest absolute Gasteiger partial charge is 0.380 e. The van der Waals surface area contributed by atoms with Gasteiger partial charge in [-0.05, 0) is 30.2 Å². The van der Waals surface area contributed by atoms with Gasteiger partial charge in [0.15, 0.2) is 5.96 Å². The average Bonchev–Trinajstić information content (AvgIpc) is 3.07. The predicted octanol–water partition coefficient (Wildman–Crippen LogP) is 2.39. The molecule has 2 N–H and O–H groups in total. The minimum atomic E-state index is 0.614. The van der Waals surface area contributed by atoms with Gasteiger partial charge >= 0.3 is 0 Å². The number of guanidine groups is 1. The van der Waals surface area contributed by atoms with Crippen molar-refractivity contribution in [3.05, 3.63) is 59.9 Å². The summed E-state index contributed by atoms with van der Waals surface area (Å²) >= 11 is 0. The number of benzene rings is 1. The highest BCUT2D eigenvalue weighted by molar-refractivity contribution is 5.79. The van der Waals surface area contributed by atoms with Crippen molar-refractivity contribution in [3.63, 3.8) is 0 Å². The van der Waals surface area contributed by atoms with Crippen molar-refractivity contribution in [3.8, 4) is 0 Å². The lowest BCUT2D eigenvalue weighted by molar-refractivity contribution is 0.184. The molecule has 1 heterocycles. The van der Waals surface area contributed by atoms with Gasteiger partial charge < -0.3 is 19.9 Å². The molecule has 0 aliphatic carbocycles. The standard InChI is InChI=1S/C18H26N4O/c1-3-19-18(20-10-13-22-11-6-7-12-22)21-14-16-8-4-5-9-17(16)15-23-2/h4-9,11-12H,3,10,13-15H2,1-2H3,(H2,19,20,21). The number of aliphatic imine (C=N–C) groups is 1. The molecule has 2 aromatic rings. The van der Waals surface area contributed by atoms with Crippen molar-refractivity contribution in [1.82, 2.24) is 15.2 Å². The number of nitrogens with zero attached hydrogens (tertiary/aromatic N) is 2. The molecule has 0 amide bonds. The van der Waals surface area contributed by atoms with Crippen LogP contribution in [0.25, 0.3) is 0 Å². The lowest BCUT2D eigenvalue weighted by Crippen LogP contribution is -2.38. The van der Waals surface area contributed by atoms with Crippen molar-refractivity contribution < 1.29 is 4.74 Å². The Morgan fingerprint density at radius 3 is 2.52 bits per heavy atom. The molecule has 1 aromatic carbocycles. The normalized spacial score (nSPS) is 11.5. The number of methoxy groups -OCH3 is 1. The van der Waals surface area contributed by atoms with E-state index in [1.165, 1.54) is 11.1 Å². The van der Waals surface area contributed by atoms with E-state index in [4.69, 9.17) is 4.74 Å². The Bertz CT molecular complexity index is 593. The van der Waals surface area contributed by atoms with Crippen molar-refractivity contribution in [2.24, 2.45) is 4.99 Å². The van der Waals surface area contributed by atoms with Crippen molar-refractivity contribution in [2.45, 2.75) is 26.6 Å². The maximum Gasteiger partial charge on any atom is 0.191 e. The summed E-state index contributed by atoms with van der Waals surface area (Å²) in [7, 11) is 1.72. The molecule has 0 bridgehead atoms. The summed E-state index contributed by atoms with van der Waals surface area (Å²) in [4.78, 5) is 4.68. The summed E-state index contributed by atoms with van der Waals surface area (Å²) in [6, 6.07) is 12.3. The second-order valence-corrected chi connectivity index (χ2v) is 5.24. The minimum absolute atomic E-state index is 0.614. The van der Waals surface area contributed by atoms with E-state index in [9.17, 15) is 0 Å². The number of hydrogen-bond acceptors (Lipinski definition) is 2. The molecule has 0 unspecified atom stereocenters. The van der Waals surface area contributed by atoms with E-state index in [2.05, 4.69) is 51.6 Å². The van der Waals surface area contributed by atoms with Gasteiger partial charge in [0.1, 0.15) is 0 Å². The summed E-state index contributed by atoms with van der Waals surface area (Å²) in [6.45, 7) is 5.91. The van der Waals surface area contributed by atoms with Gasteiger partial charge in [0.2, 0.25) is 0 Å². The van der Waals surface area contributed by atoms with Crippen LogP contribution in [-0.4, -0.2) is 30.7 Å². The number of ether oxygens (including phenoxy) is 1. The molecule has 1 aromatic heterocycles. The third-order valence-corrected chi connectivity index (χ3v) is 3.50. The second-order valence-electron chi connectivity index (χ2n) is 5.24. The van der Waals surface area contributed by atoms with Crippen LogP contribution in [0.4, 0.5) is 0 Å². The van der Waals surface area contributed by atoms with Gasteiger partial charge in [-0.3, -0.25) is 0 Å². The maximum absolute atomic E-state index is 5.25. The molecule has 5 heteroatoms. The lowest BCUT2D eigenvalue weighted by atomic mass is 10.1. The van der Waals surface area contributed by atoms with E-state index in [-0.39, 0.29) is 0 Å². The smallest absolute Gasteiger partial charge is 0.191 e. The first-order chi connectivity index (χ1) is 11.3. The van der Waals surface area contributed by atoms with Crippen molar-refractivity contribution >= 4 is 5.96 Å². The van der Waals surface area contributed by atoms with Crippen LogP contribution in [0.3, 0.4) is 0 Å². The van der Waals surface area contributed by atoms with Gasteiger partial charge in [-0.15, -0.1) is 0 Å². The van der Waals surface area contributed by atoms with Crippen molar-refractivity contribution in [2.75, 3.05) is 20.2 Å². The predicted molar refractivity (Wildman–Crippen MR) is 94.4 cm³/mol. The fraction of sp³-hybridized carbons (Fsp3) is 0.389. The van der Waals surface area contributed by atoms with E-state index in [0.29, 0.717) is 13.2 Å². The fourth-order valence-corrected chi connectivity index (χ4v) is 2.34. The van der Waals surface area contributed by atoms with E-state index < -0.39 is 0 Å². The SMILES string of the molecule is CCNC(=NCc1ccccc1COC)NCCn1cccc1. The molecule has 0 radical (unpaired) electrons. The molecule has 5 nitrogen and oxygen atoms in total. The maximum atomic E-state index is 5.25. The van der Waals surface area contributed by atoms with Gasteiger partial charge in [0.05, 0.1) is 13.2 Å². The third-order valence-electron chi connectivity index (χ3n) is 3.50. The van der Waals surface area contributed by atoms with Crippen LogP contribution < -0.4 is 10.6 Å². The number of hydrogen-bond donors (Lipinski definition) is 2. The summed E-state index contributed by atoms with van der Waals surface area (Å²) in [5.74, 6) is 0.840. The van der Waals surface area contributed by atoms with Gasteiger partial charge in [-0.2, -0.15) is 0 Å². The van der Waals surface area contributed by atoms with E-state index in [1.807, 2.05) is 24.3 Å². The van der Waals surface area contributed by atoms with Crippen LogP contribution >= 0.6 is 0 Å². The summed E-state index contributed by atoms with van der Waals surface area (Å²) in [6.07, 6.45) is 4.12. The van der Waals surface area contributed by atoms with Crippen LogP contribution in [0.2, 0.25) is 0 Å². The van der Waals surface area contributed by atoms with Gasteiger partial charge in [0, 0.05) is 39.1 Å². The Hall–Kier alpha value is -2.27. The number of nitrogens with one attached hydrogen (secondary N) is 2. The van der Waals surface area contributed by atoms with Crippen LogP contribution in [0.5, 0.6) is 0 Å². The Kier molecular flexibility index (Phi) is 7.20. The monoisotopic (exact) mass is 314 g/mol. The topological polar surface area (TPSA) is 50.6 Å². The van der Waals surface area contributed by atoms with Crippen molar-refractivity contribution in [1.29, 1.82) is 0 Å². The average molecular weight is 314 g/mol. The quantitative estimate of drug-likeness (QED) is 0.581. The van der Waals surface area contributed by atoms with Crippen LogP contribution in [0.15, 0.2) is 53.8 Å². The van der Waals surface area contributed by atoms with Gasteiger partial charge in [-0.25, -0.2) is 4.99 Å². The summed E-state index contributed by atoms with van der Waals surface area (Å²) in [5, 5.41) is 6.65. The zero-order valence-corrected chi connectivity index (χ0v) is 14.0. The Balaban J connectivity index is 1.92. The van der Waals surface area contributed by atoms with E-state index >= 15 is 0 Å². The highest BCUT2D eigenvalue weighted by Gasteiger charge is 2.02. The first-order valence-electron chi connectivity index (χ1n) is 8.02. The van der Waals surface area contributed by atoms with Gasteiger partial charge in [0.25, 0.3) is 0 Å². The molecule has 0 saturated carbocycles. The van der Waals surface area contributed by atoms with Crippen LogP contribution in [0.1, 0.15) is 18.1 Å².